The molecular weight excluding hydrogens is 276 g/mol. The first-order valence-corrected chi connectivity index (χ1v) is 7.80. The largest absolute Gasteiger partial charge is 0.477 e. The molecule has 0 aromatic carbocycles. The summed E-state index contributed by atoms with van der Waals surface area (Å²) in [5, 5.41) is 0. The number of aryl methyl sites for hydroxylation is 2. The zero-order chi connectivity index (χ0) is 15.4. The van der Waals surface area contributed by atoms with E-state index in [0.29, 0.717) is 5.92 Å². The van der Waals surface area contributed by atoms with Crippen LogP contribution in [0.5, 0.6) is 5.88 Å². The Hall–Kier alpha value is -2.17. The molecule has 0 N–H and O–H groups in total. The van der Waals surface area contributed by atoms with E-state index in [4.69, 9.17) is 4.74 Å². The molecule has 0 bridgehead atoms. The van der Waals surface area contributed by atoms with Gasteiger partial charge >= 0.3 is 0 Å². The first-order valence-electron chi connectivity index (χ1n) is 7.80. The summed E-state index contributed by atoms with van der Waals surface area (Å²) in [6.45, 7) is 6.76. The van der Waals surface area contributed by atoms with E-state index in [1.165, 1.54) is 0 Å². The van der Waals surface area contributed by atoms with Crippen LogP contribution in [-0.4, -0.2) is 34.6 Å². The van der Waals surface area contributed by atoms with Gasteiger partial charge in [-0.05, 0) is 38.7 Å². The van der Waals surface area contributed by atoms with Crippen LogP contribution in [0.3, 0.4) is 0 Å². The summed E-state index contributed by atoms with van der Waals surface area (Å²) >= 11 is 0. The van der Waals surface area contributed by atoms with Crippen molar-refractivity contribution in [3.63, 3.8) is 0 Å². The summed E-state index contributed by atoms with van der Waals surface area (Å²) in [6.07, 6.45) is 7.64. The lowest BCUT2D eigenvalue weighted by Crippen LogP contribution is -2.36. The van der Waals surface area contributed by atoms with Crippen molar-refractivity contribution in [2.24, 2.45) is 5.92 Å². The lowest BCUT2D eigenvalue weighted by molar-refractivity contribution is 0.214. The maximum absolute atomic E-state index is 5.88. The summed E-state index contributed by atoms with van der Waals surface area (Å²) in [7, 11) is 0. The SMILES string of the molecule is Cc1cncc(N2CCC(COc3ncccc3C)CC2)n1. The van der Waals surface area contributed by atoms with E-state index in [9.17, 15) is 0 Å². The Morgan fingerprint density at radius 1 is 1.23 bits per heavy atom. The normalized spacial score (nSPS) is 15.8. The molecule has 3 heterocycles. The fourth-order valence-electron chi connectivity index (χ4n) is 2.75. The van der Waals surface area contributed by atoms with Gasteiger partial charge in [0.15, 0.2) is 0 Å². The molecule has 1 saturated heterocycles. The molecule has 0 saturated carbocycles. The highest BCUT2D eigenvalue weighted by Crippen LogP contribution is 2.23. The maximum Gasteiger partial charge on any atom is 0.216 e. The molecule has 0 unspecified atom stereocenters. The molecule has 2 aromatic rings. The molecule has 0 radical (unpaired) electrons. The number of ether oxygens (including phenoxy) is 1. The summed E-state index contributed by atoms with van der Waals surface area (Å²) in [5.74, 6) is 2.32. The molecule has 5 heteroatoms. The monoisotopic (exact) mass is 298 g/mol. The van der Waals surface area contributed by atoms with Crippen molar-refractivity contribution < 1.29 is 4.74 Å². The van der Waals surface area contributed by atoms with Crippen molar-refractivity contribution in [3.05, 3.63) is 42.0 Å². The summed E-state index contributed by atoms with van der Waals surface area (Å²) in [5.41, 5.74) is 2.06. The van der Waals surface area contributed by atoms with Crippen molar-refractivity contribution in [1.82, 2.24) is 15.0 Å². The Morgan fingerprint density at radius 3 is 2.77 bits per heavy atom. The van der Waals surface area contributed by atoms with E-state index in [0.717, 1.165) is 55.5 Å². The number of nitrogens with zero attached hydrogens (tertiary/aromatic N) is 4. The molecule has 2 aromatic heterocycles. The van der Waals surface area contributed by atoms with Crippen LogP contribution in [0.4, 0.5) is 5.82 Å². The number of hydrogen-bond acceptors (Lipinski definition) is 5. The number of aromatic nitrogens is 3. The molecule has 0 amide bonds. The van der Waals surface area contributed by atoms with Crippen molar-refractivity contribution in [1.29, 1.82) is 0 Å². The van der Waals surface area contributed by atoms with Gasteiger partial charge in [-0.1, -0.05) is 6.07 Å². The predicted octanol–water partition coefficient (Wildman–Crippen LogP) is 2.78. The van der Waals surface area contributed by atoms with Crippen molar-refractivity contribution >= 4 is 5.82 Å². The Morgan fingerprint density at radius 2 is 2.05 bits per heavy atom. The third-order valence-corrected chi connectivity index (χ3v) is 4.10. The van der Waals surface area contributed by atoms with Crippen LogP contribution in [-0.2, 0) is 0 Å². The molecule has 0 spiro atoms. The topological polar surface area (TPSA) is 51.1 Å². The molecule has 3 rings (SSSR count). The van der Waals surface area contributed by atoms with Crippen LogP contribution in [0.2, 0.25) is 0 Å². The molecule has 1 fully saturated rings. The van der Waals surface area contributed by atoms with Crippen LogP contribution < -0.4 is 9.64 Å². The van der Waals surface area contributed by atoms with Crippen LogP contribution in [0.15, 0.2) is 30.7 Å². The van der Waals surface area contributed by atoms with E-state index >= 15 is 0 Å². The average molecular weight is 298 g/mol. The minimum absolute atomic E-state index is 0.579. The van der Waals surface area contributed by atoms with Crippen LogP contribution in [0.25, 0.3) is 0 Å². The van der Waals surface area contributed by atoms with Crippen molar-refractivity contribution in [2.75, 3.05) is 24.6 Å². The molecule has 116 valence electrons. The standard InChI is InChI=1S/C17H22N4O/c1-13-4-3-7-19-17(13)22-12-15-5-8-21(9-6-15)16-11-18-10-14(2)20-16/h3-4,7,10-11,15H,5-6,8-9,12H2,1-2H3. The first kappa shape index (κ1) is 14.8. The lowest BCUT2D eigenvalue weighted by Gasteiger charge is -2.32. The van der Waals surface area contributed by atoms with E-state index in [-0.39, 0.29) is 0 Å². The summed E-state index contributed by atoms with van der Waals surface area (Å²) in [4.78, 5) is 15.4. The van der Waals surface area contributed by atoms with Gasteiger partial charge < -0.3 is 9.64 Å². The quantitative estimate of drug-likeness (QED) is 0.868. The number of hydrogen-bond donors (Lipinski definition) is 0. The highest BCUT2D eigenvalue weighted by molar-refractivity contribution is 5.36. The van der Waals surface area contributed by atoms with Gasteiger partial charge in [0, 0.05) is 31.0 Å². The summed E-state index contributed by atoms with van der Waals surface area (Å²) in [6, 6.07) is 3.96. The van der Waals surface area contributed by atoms with E-state index in [1.807, 2.05) is 32.2 Å². The number of anilines is 1. The zero-order valence-corrected chi connectivity index (χ0v) is 13.2. The third kappa shape index (κ3) is 3.53. The number of rotatable bonds is 4. The Bertz CT molecular complexity index is 624. The van der Waals surface area contributed by atoms with E-state index in [1.54, 1.807) is 12.4 Å². The van der Waals surface area contributed by atoms with Crippen LogP contribution in [0.1, 0.15) is 24.1 Å². The van der Waals surface area contributed by atoms with Gasteiger partial charge in [0.05, 0.1) is 18.5 Å². The molecule has 0 aliphatic carbocycles. The predicted molar refractivity (Wildman–Crippen MR) is 86.2 cm³/mol. The highest BCUT2D eigenvalue weighted by Gasteiger charge is 2.21. The fraction of sp³-hybridized carbons (Fsp3) is 0.471. The Labute approximate surface area is 131 Å². The second-order valence-electron chi connectivity index (χ2n) is 5.89. The van der Waals surface area contributed by atoms with Gasteiger partial charge in [-0.25, -0.2) is 9.97 Å². The van der Waals surface area contributed by atoms with Gasteiger partial charge in [0.1, 0.15) is 5.82 Å². The van der Waals surface area contributed by atoms with Crippen molar-refractivity contribution in [3.8, 4) is 5.88 Å². The maximum atomic E-state index is 5.88. The summed E-state index contributed by atoms with van der Waals surface area (Å²) < 4.78 is 5.88. The molecule has 1 aliphatic heterocycles. The van der Waals surface area contributed by atoms with Gasteiger partial charge in [0.2, 0.25) is 5.88 Å². The van der Waals surface area contributed by atoms with Crippen molar-refractivity contribution in [2.45, 2.75) is 26.7 Å². The molecule has 5 nitrogen and oxygen atoms in total. The number of pyridine rings is 1. The van der Waals surface area contributed by atoms with Gasteiger partial charge in [-0.3, -0.25) is 4.98 Å². The molecule has 1 aliphatic rings. The van der Waals surface area contributed by atoms with Gasteiger partial charge in [-0.2, -0.15) is 0 Å². The lowest BCUT2D eigenvalue weighted by atomic mass is 9.98. The van der Waals surface area contributed by atoms with Crippen LogP contribution >= 0.6 is 0 Å². The smallest absolute Gasteiger partial charge is 0.216 e. The molecule has 22 heavy (non-hydrogen) atoms. The highest BCUT2D eigenvalue weighted by atomic mass is 16.5. The zero-order valence-electron chi connectivity index (χ0n) is 13.2. The fourth-order valence-corrected chi connectivity index (χ4v) is 2.75. The third-order valence-electron chi connectivity index (χ3n) is 4.10. The van der Waals surface area contributed by atoms with Gasteiger partial charge in [-0.15, -0.1) is 0 Å². The minimum atomic E-state index is 0.579. The van der Waals surface area contributed by atoms with E-state index in [2.05, 4.69) is 19.9 Å². The Balaban J connectivity index is 1.51. The number of piperidine rings is 1. The minimum Gasteiger partial charge on any atom is -0.477 e. The van der Waals surface area contributed by atoms with Crippen LogP contribution in [0, 0.1) is 19.8 Å². The van der Waals surface area contributed by atoms with Gasteiger partial charge in [0.25, 0.3) is 0 Å². The molecule has 0 atom stereocenters. The first-order chi connectivity index (χ1) is 10.7. The Kier molecular flexibility index (Phi) is 4.51. The second-order valence-corrected chi connectivity index (χ2v) is 5.89. The second kappa shape index (κ2) is 6.73. The molecular formula is C17H22N4O. The average Bonchev–Trinajstić information content (AvgIpc) is 2.55. The van der Waals surface area contributed by atoms with E-state index < -0.39 is 0 Å².